The number of benzene rings is 2. The first-order valence-electron chi connectivity index (χ1n) is 11.4. The maximum Gasteiger partial charge on any atom is 0.238 e. The molecule has 9 heteroatoms. The van der Waals surface area contributed by atoms with E-state index in [-0.39, 0.29) is 18.0 Å². The molecule has 1 unspecified atom stereocenters. The summed E-state index contributed by atoms with van der Waals surface area (Å²) in [5.41, 5.74) is 10.2. The Balaban J connectivity index is 1.77. The van der Waals surface area contributed by atoms with Gasteiger partial charge in [-0.2, -0.15) is 0 Å². The lowest BCUT2D eigenvalue weighted by atomic mass is 9.79. The van der Waals surface area contributed by atoms with Crippen molar-refractivity contribution in [3.8, 4) is 5.75 Å². The van der Waals surface area contributed by atoms with Gasteiger partial charge in [0.1, 0.15) is 5.75 Å². The lowest BCUT2D eigenvalue weighted by Crippen LogP contribution is -2.39. The molecule has 2 heterocycles. The van der Waals surface area contributed by atoms with Crippen molar-refractivity contribution in [1.82, 2.24) is 10.3 Å². The number of piperidine rings is 1. The Morgan fingerprint density at radius 1 is 1.21 bits per heavy atom. The molecule has 0 bridgehead atoms. The number of nitrogens with zero attached hydrogens (tertiary/aromatic N) is 2. The van der Waals surface area contributed by atoms with Crippen LogP contribution < -0.4 is 20.1 Å². The van der Waals surface area contributed by atoms with E-state index in [1.807, 2.05) is 38.1 Å². The normalized spacial score (nSPS) is 19.6. The summed E-state index contributed by atoms with van der Waals surface area (Å²) in [6, 6.07) is 15.5. The van der Waals surface area contributed by atoms with Crippen molar-refractivity contribution in [1.29, 1.82) is 0 Å². The van der Waals surface area contributed by atoms with E-state index in [2.05, 4.69) is 22.4 Å². The quantitative estimate of drug-likeness (QED) is 0.492. The molecule has 0 saturated carbocycles. The molecule has 3 N–H and O–H groups in total. The smallest absolute Gasteiger partial charge is 0.238 e. The van der Waals surface area contributed by atoms with Crippen molar-refractivity contribution < 1.29 is 13.2 Å². The van der Waals surface area contributed by atoms with Gasteiger partial charge in [-0.05, 0) is 62.9 Å². The number of nitrogens with one attached hydrogen (secondary N) is 1. The molecule has 7 nitrogen and oxygen atoms in total. The van der Waals surface area contributed by atoms with E-state index >= 15 is 0 Å². The zero-order valence-corrected chi connectivity index (χ0v) is 21.6. The van der Waals surface area contributed by atoms with Crippen LogP contribution in [0, 0.1) is 19.8 Å². The van der Waals surface area contributed by atoms with E-state index < -0.39 is 10.0 Å². The van der Waals surface area contributed by atoms with Gasteiger partial charge in [0.25, 0.3) is 0 Å². The summed E-state index contributed by atoms with van der Waals surface area (Å²) in [7, 11) is -2.02. The second-order valence-corrected chi connectivity index (χ2v) is 11.8. The number of hydrogen-bond donors (Lipinski definition) is 2. The van der Waals surface area contributed by atoms with Crippen LogP contribution in [-0.4, -0.2) is 33.3 Å². The van der Waals surface area contributed by atoms with Gasteiger partial charge in [0.05, 0.1) is 24.7 Å². The van der Waals surface area contributed by atoms with Crippen molar-refractivity contribution in [3.05, 3.63) is 70.2 Å². The fourth-order valence-electron chi connectivity index (χ4n) is 4.65. The second kappa shape index (κ2) is 10.0. The van der Waals surface area contributed by atoms with Crippen LogP contribution in [0.2, 0.25) is 0 Å². The minimum atomic E-state index is -3.63. The van der Waals surface area contributed by atoms with E-state index in [1.165, 1.54) is 27.5 Å². The van der Waals surface area contributed by atoms with Crippen molar-refractivity contribution >= 4 is 32.2 Å². The lowest BCUT2D eigenvalue weighted by Gasteiger charge is -2.37. The number of ether oxygens (including phenoxy) is 1. The molecule has 2 aromatic carbocycles. The number of thiazole rings is 1. The van der Waals surface area contributed by atoms with Gasteiger partial charge in [0.2, 0.25) is 15.2 Å². The van der Waals surface area contributed by atoms with Crippen LogP contribution in [0.4, 0.5) is 10.8 Å². The van der Waals surface area contributed by atoms with Gasteiger partial charge in [-0.25, -0.2) is 17.7 Å². The van der Waals surface area contributed by atoms with E-state index in [9.17, 15) is 8.42 Å². The standard InChI is InChI=1S/C25H32N4O3S2/c1-16-17(2)33-25(28-16)29(34(4,30)31)19-12-13-22(32-3)21(15-19)23(26)20-11-8-14-27-24(20)18-9-6-5-7-10-18/h5-7,9-10,12-13,15,20,23-24,27H,8,11,14,26H2,1-4H3/t20-,23?,24+/m0/s1. The fraction of sp³-hybridized carbons (Fsp3) is 0.400. The lowest BCUT2D eigenvalue weighted by molar-refractivity contribution is 0.241. The van der Waals surface area contributed by atoms with Gasteiger partial charge >= 0.3 is 0 Å². The molecule has 3 aromatic rings. The largest absolute Gasteiger partial charge is 0.496 e. The number of anilines is 2. The van der Waals surface area contributed by atoms with Crippen molar-refractivity contribution in [2.24, 2.45) is 11.7 Å². The molecule has 3 atom stereocenters. The van der Waals surface area contributed by atoms with E-state index in [0.29, 0.717) is 16.6 Å². The van der Waals surface area contributed by atoms with Gasteiger partial charge in [-0.1, -0.05) is 30.3 Å². The monoisotopic (exact) mass is 500 g/mol. The Hall–Kier alpha value is -2.46. The molecular weight excluding hydrogens is 468 g/mol. The minimum absolute atomic E-state index is 0.105. The average molecular weight is 501 g/mol. The Morgan fingerprint density at radius 2 is 1.94 bits per heavy atom. The molecule has 0 aliphatic carbocycles. The van der Waals surface area contributed by atoms with Crippen LogP contribution in [0.15, 0.2) is 48.5 Å². The summed E-state index contributed by atoms with van der Waals surface area (Å²) in [6.07, 6.45) is 3.18. The molecule has 0 spiro atoms. The predicted molar refractivity (Wildman–Crippen MR) is 138 cm³/mol. The highest BCUT2D eigenvalue weighted by atomic mass is 32.2. The van der Waals surface area contributed by atoms with E-state index in [4.69, 9.17) is 10.5 Å². The van der Waals surface area contributed by atoms with Gasteiger partial charge in [0, 0.05) is 22.5 Å². The van der Waals surface area contributed by atoms with Gasteiger partial charge in [-0.3, -0.25) is 0 Å². The number of nitrogens with two attached hydrogens (primary N) is 1. The number of rotatable bonds is 7. The second-order valence-electron chi connectivity index (χ2n) is 8.77. The Morgan fingerprint density at radius 3 is 2.56 bits per heavy atom. The van der Waals surface area contributed by atoms with Gasteiger partial charge in [-0.15, -0.1) is 11.3 Å². The van der Waals surface area contributed by atoms with Gasteiger partial charge < -0.3 is 15.8 Å². The Bertz CT molecular complexity index is 1220. The average Bonchev–Trinajstić information content (AvgIpc) is 3.15. The molecule has 34 heavy (non-hydrogen) atoms. The zero-order valence-electron chi connectivity index (χ0n) is 20.0. The molecule has 4 rings (SSSR count). The molecule has 182 valence electrons. The van der Waals surface area contributed by atoms with Gasteiger partial charge in [0.15, 0.2) is 0 Å². The molecule has 1 aliphatic heterocycles. The third kappa shape index (κ3) is 4.98. The van der Waals surface area contributed by atoms with Crippen molar-refractivity contribution in [3.63, 3.8) is 0 Å². The molecule has 1 aromatic heterocycles. The van der Waals surface area contributed by atoms with E-state index in [0.717, 1.165) is 35.5 Å². The third-order valence-corrected chi connectivity index (χ3v) is 8.68. The van der Waals surface area contributed by atoms with Crippen LogP contribution in [0.5, 0.6) is 5.75 Å². The summed E-state index contributed by atoms with van der Waals surface area (Å²) in [5.74, 6) is 0.768. The van der Waals surface area contributed by atoms with Crippen molar-refractivity contribution in [2.45, 2.75) is 38.8 Å². The summed E-state index contributed by atoms with van der Waals surface area (Å²) in [5, 5.41) is 4.05. The number of sulfonamides is 1. The maximum atomic E-state index is 12.8. The van der Waals surface area contributed by atoms with Crippen LogP contribution in [0.25, 0.3) is 0 Å². The van der Waals surface area contributed by atoms with Crippen LogP contribution in [0.1, 0.15) is 46.6 Å². The number of hydrogen-bond acceptors (Lipinski definition) is 7. The Kier molecular flexibility index (Phi) is 7.28. The summed E-state index contributed by atoms with van der Waals surface area (Å²) in [4.78, 5) is 5.48. The third-order valence-electron chi connectivity index (χ3n) is 6.46. The van der Waals surface area contributed by atoms with Crippen LogP contribution >= 0.6 is 11.3 Å². The highest BCUT2D eigenvalue weighted by Crippen LogP contribution is 2.42. The molecule has 1 aliphatic rings. The zero-order chi connectivity index (χ0) is 24.5. The minimum Gasteiger partial charge on any atom is -0.496 e. The summed E-state index contributed by atoms with van der Waals surface area (Å²) < 4.78 is 32.7. The predicted octanol–water partition coefficient (Wildman–Crippen LogP) is 4.61. The first-order valence-corrected chi connectivity index (χ1v) is 14.0. The highest BCUT2D eigenvalue weighted by molar-refractivity contribution is 7.92. The number of aromatic nitrogens is 1. The first-order chi connectivity index (χ1) is 16.2. The van der Waals surface area contributed by atoms with E-state index in [1.54, 1.807) is 19.2 Å². The molecule has 0 radical (unpaired) electrons. The number of methoxy groups -OCH3 is 1. The molecule has 1 fully saturated rings. The highest BCUT2D eigenvalue weighted by Gasteiger charge is 2.34. The Labute approximate surface area is 206 Å². The number of aryl methyl sites for hydroxylation is 2. The fourth-order valence-corrected chi connectivity index (χ4v) is 6.83. The van der Waals surface area contributed by atoms with Crippen LogP contribution in [0.3, 0.4) is 0 Å². The van der Waals surface area contributed by atoms with Crippen LogP contribution in [-0.2, 0) is 10.0 Å². The molecular formula is C25H32N4O3S2. The molecule has 0 amide bonds. The molecule has 1 saturated heterocycles. The summed E-state index contributed by atoms with van der Waals surface area (Å²) in [6.45, 7) is 4.75. The summed E-state index contributed by atoms with van der Waals surface area (Å²) >= 11 is 1.36. The van der Waals surface area contributed by atoms with Crippen molar-refractivity contribution in [2.75, 3.05) is 24.2 Å². The SMILES string of the molecule is COc1ccc(N(c2nc(C)c(C)s2)S(C)(=O)=O)cc1C(N)[C@@H]1CCCN[C@@H]1c1ccccc1. The topological polar surface area (TPSA) is 97.5 Å². The first kappa shape index (κ1) is 24.7. The maximum absolute atomic E-state index is 12.8.